The molecule has 0 spiro atoms. The Kier molecular flexibility index (Phi) is 5.05. The van der Waals surface area contributed by atoms with Gasteiger partial charge in [-0.25, -0.2) is 0 Å². The van der Waals surface area contributed by atoms with Gasteiger partial charge in [-0.3, -0.25) is 9.59 Å². The molecule has 1 aromatic heterocycles. The van der Waals surface area contributed by atoms with Crippen LogP contribution in [0, 0.1) is 0 Å². The monoisotopic (exact) mass is 297 g/mol. The molecule has 19 heavy (non-hydrogen) atoms. The van der Waals surface area contributed by atoms with Crippen LogP contribution in [0.5, 0.6) is 0 Å². The zero-order valence-corrected chi connectivity index (χ0v) is 12.9. The third-order valence-corrected chi connectivity index (χ3v) is 5.82. The highest BCUT2D eigenvalue weighted by molar-refractivity contribution is 8.00. The van der Waals surface area contributed by atoms with Crippen LogP contribution in [0.3, 0.4) is 0 Å². The van der Waals surface area contributed by atoms with Gasteiger partial charge in [-0.1, -0.05) is 13.0 Å². The molecule has 3 nitrogen and oxygen atoms in total. The van der Waals surface area contributed by atoms with Gasteiger partial charge in [0.2, 0.25) is 5.91 Å². The van der Waals surface area contributed by atoms with E-state index in [-0.39, 0.29) is 17.7 Å². The molecular formula is C14H19NO2S2. The van der Waals surface area contributed by atoms with E-state index in [0.717, 1.165) is 17.2 Å². The van der Waals surface area contributed by atoms with Gasteiger partial charge >= 0.3 is 0 Å². The van der Waals surface area contributed by atoms with Gasteiger partial charge in [-0.05, 0) is 18.4 Å². The smallest absolute Gasteiger partial charge is 0.223 e. The SMILES string of the molecule is C[C@@H]1[C@@H](C)SCCN1C(=O)CCC(=O)c1cccs1. The number of thiophene rings is 1. The van der Waals surface area contributed by atoms with E-state index in [1.54, 1.807) is 0 Å². The summed E-state index contributed by atoms with van der Waals surface area (Å²) in [7, 11) is 0. The molecule has 1 amide bonds. The maximum atomic E-state index is 12.2. The second-order valence-electron chi connectivity index (χ2n) is 4.80. The van der Waals surface area contributed by atoms with Crippen molar-refractivity contribution in [2.75, 3.05) is 12.3 Å². The third-order valence-electron chi connectivity index (χ3n) is 3.57. The molecule has 2 atom stereocenters. The summed E-state index contributed by atoms with van der Waals surface area (Å²) >= 11 is 3.35. The number of amides is 1. The van der Waals surface area contributed by atoms with E-state index < -0.39 is 0 Å². The van der Waals surface area contributed by atoms with Gasteiger partial charge in [0.25, 0.3) is 0 Å². The maximum Gasteiger partial charge on any atom is 0.223 e. The molecule has 2 heterocycles. The summed E-state index contributed by atoms with van der Waals surface area (Å²) in [4.78, 5) is 26.8. The quantitative estimate of drug-likeness (QED) is 0.802. The van der Waals surface area contributed by atoms with Gasteiger partial charge < -0.3 is 4.90 Å². The Balaban J connectivity index is 1.86. The number of thioether (sulfide) groups is 1. The zero-order chi connectivity index (χ0) is 13.8. The fourth-order valence-electron chi connectivity index (χ4n) is 2.21. The zero-order valence-electron chi connectivity index (χ0n) is 11.3. The first kappa shape index (κ1) is 14.6. The molecule has 1 fully saturated rings. The number of hydrogen-bond acceptors (Lipinski definition) is 4. The molecule has 0 saturated carbocycles. The average molecular weight is 297 g/mol. The average Bonchev–Trinajstić information content (AvgIpc) is 2.93. The first-order valence-corrected chi connectivity index (χ1v) is 8.50. The van der Waals surface area contributed by atoms with Crippen molar-refractivity contribution in [1.29, 1.82) is 0 Å². The molecule has 0 aliphatic carbocycles. The summed E-state index contributed by atoms with van der Waals surface area (Å²) in [5.74, 6) is 1.19. The Labute approximate surface area is 122 Å². The molecule has 104 valence electrons. The number of carbonyl (C=O) groups is 2. The summed E-state index contributed by atoms with van der Waals surface area (Å²) in [5, 5.41) is 2.37. The fraction of sp³-hybridized carbons (Fsp3) is 0.571. The largest absolute Gasteiger partial charge is 0.338 e. The summed E-state index contributed by atoms with van der Waals surface area (Å²) in [6.45, 7) is 5.06. The van der Waals surface area contributed by atoms with Crippen molar-refractivity contribution in [2.45, 2.75) is 38.0 Å². The van der Waals surface area contributed by atoms with Crippen molar-refractivity contribution in [3.05, 3.63) is 22.4 Å². The van der Waals surface area contributed by atoms with Crippen LogP contribution in [0.25, 0.3) is 0 Å². The van der Waals surface area contributed by atoms with Crippen LogP contribution in [0.1, 0.15) is 36.4 Å². The highest BCUT2D eigenvalue weighted by Gasteiger charge is 2.28. The predicted molar refractivity (Wildman–Crippen MR) is 81.0 cm³/mol. The number of ketones is 1. The lowest BCUT2D eigenvalue weighted by atomic mass is 10.1. The van der Waals surface area contributed by atoms with Crippen molar-refractivity contribution in [3.8, 4) is 0 Å². The van der Waals surface area contributed by atoms with Gasteiger partial charge in [-0.2, -0.15) is 11.8 Å². The van der Waals surface area contributed by atoms with E-state index in [1.165, 1.54) is 11.3 Å². The lowest BCUT2D eigenvalue weighted by Crippen LogP contribution is -2.48. The number of nitrogens with zero attached hydrogens (tertiary/aromatic N) is 1. The Bertz CT molecular complexity index is 444. The third kappa shape index (κ3) is 3.60. The van der Waals surface area contributed by atoms with E-state index in [9.17, 15) is 9.59 Å². The standard InChI is InChI=1S/C14H19NO2S2/c1-10-11(2)18-9-7-15(10)14(17)6-5-12(16)13-4-3-8-19-13/h3-4,8,10-11H,5-7,9H2,1-2H3/t10-,11-/m1/s1. The lowest BCUT2D eigenvalue weighted by Gasteiger charge is -2.37. The second kappa shape index (κ2) is 6.57. The van der Waals surface area contributed by atoms with Gasteiger partial charge in [0.05, 0.1) is 4.88 Å². The van der Waals surface area contributed by atoms with Crippen LogP contribution in [-0.4, -0.2) is 40.2 Å². The van der Waals surface area contributed by atoms with Crippen LogP contribution >= 0.6 is 23.1 Å². The maximum absolute atomic E-state index is 12.2. The van der Waals surface area contributed by atoms with E-state index in [2.05, 4.69) is 13.8 Å². The van der Waals surface area contributed by atoms with Crippen LogP contribution in [-0.2, 0) is 4.79 Å². The van der Waals surface area contributed by atoms with Crippen molar-refractivity contribution < 1.29 is 9.59 Å². The molecule has 0 bridgehead atoms. The van der Waals surface area contributed by atoms with Crippen molar-refractivity contribution >= 4 is 34.8 Å². The van der Waals surface area contributed by atoms with Gasteiger partial charge in [0.1, 0.15) is 0 Å². The molecule has 0 unspecified atom stereocenters. The highest BCUT2D eigenvalue weighted by atomic mass is 32.2. The van der Waals surface area contributed by atoms with E-state index in [1.807, 2.05) is 34.2 Å². The van der Waals surface area contributed by atoms with Gasteiger partial charge in [0.15, 0.2) is 5.78 Å². The summed E-state index contributed by atoms with van der Waals surface area (Å²) in [6.07, 6.45) is 0.655. The van der Waals surface area contributed by atoms with Crippen LogP contribution in [0.15, 0.2) is 17.5 Å². The summed E-state index contributed by atoms with van der Waals surface area (Å²) < 4.78 is 0. The van der Waals surface area contributed by atoms with Crippen LogP contribution in [0.2, 0.25) is 0 Å². The first-order valence-electron chi connectivity index (χ1n) is 6.57. The van der Waals surface area contributed by atoms with Crippen molar-refractivity contribution in [2.24, 2.45) is 0 Å². The van der Waals surface area contributed by atoms with E-state index >= 15 is 0 Å². The van der Waals surface area contributed by atoms with Crippen LogP contribution < -0.4 is 0 Å². The topological polar surface area (TPSA) is 37.4 Å². The first-order chi connectivity index (χ1) is 9.09. The lowest BCUT2D eigenvalue weighted by molar-refractivity contribution is -0.133. The predicted octanol–water partition coefficient (Wildman–Crippen LogP) is 3.06. The molecule has 5 heteroatoms. The Hall–Kier alpha value is -0.810. The minimum Gasteiger partial charge on any atom is -0.338 e. The normalized spacial score (nSPS) is 23.4. The summed E-state index contributed by atoms with van der Waals surface area (Å²) in [5.41, 5.74) is 0. The molecule has 1 aromatic rings. The molecule has 1 saturated heterocycles. The van der Waals surface area contributed by atoms with Gasteiger partial charge in [0, 0.05) is 36.4 Å². The van der Waals surface area contributed by atoms with E-state index in [4.69, 9.17) is 0 Å². The van der Waals surface area contributed by atoms with Crippen molar-refractivity contribution in [3.63, 3.8) is 0 Å². The minimum atomic E-state index is 0.0791. The molecule has 1 aliphatic rings. The number of carbonyl (C=O) groups excluding carboxylic acids is 2. The number of hydrogen-bond donors (Lipinski definition) is 0. The highest BCUT2D eigenvalue weighted by Crippen LogP contribution is 2.25. The Morgan fingerprint density at radius 2 is 2.16 bits per heavy atom. The molecule has 0 radical (unpaired) electrons. The van der Waals surface area contributed by atoms with Gasteiger partial charge in [-0.15, -0.1) is 11.3 Å². The minimum absolute atomic E-state index is 0.0791. The summed E-state index contributed by atoms with van der Waals surface area (Å²) in [6, 6.07) is 3.95. The Morgan fingerprint density at radius 3 is 2.84 bits per heavy atom. The molecule has 0 aromatic carbocycles. The number of Topliss-reactive ketones (excluding diaryl/α,β-unsaturated/α-hetero) is 1. The number of rotatable bonds is 4. The fourth-order valence-corrected chi connectivity index (χ4v) is 4.00. The molecular weight excluding hydrogens is 278 g/mol. The van der Waals surface area contributed by atoms with Crippen LogP contribution in [0.4, 0.5) is 0 Å². The Morgan fingerprint density at radius 1 is 1.37 bits per heavy atom. The van der Waals surface area contributed by atoms with Crippen molar-refractivity contribution in [1.82, 2.24) is 4.90 Å². The van der Waals surface area contributed by atoms with E-state index in [0.29, 0.717) is 18.1 Å². The molecule has 1 aliphatic heterocycles. The molecule has 2 rings (SSSR count). The second-order valence-corrected chi connectivity index (χ2v) is 7.24. The molecule has 0 N–H and O–H groups in total.